The minimum Gasteiger partial charge on any atom is -0.435 e. The van der Waals surface area contributed by atoms with Crippen LogP contribution in [-0.4, -0.2) is 32.7 Å². The van der Waals surface area contributed by atoms with E-state index in [1.54, 1.807) is 0 Å². The van der Waals surface area contributed by atoms with Crippen LogP contribution in [0.3, 0.4) is 0 Å². The molecule has 0 saturated carbocycles. The molecule has 3 aromatic rings. The van der Waals surface area contributed by atoms with Crippen LogP contribution in [-0.2, 0) is 0 Å². The average molecular weight is 349 g/mol. The number of carbonyl (C=O) groups is 1. The first-order valence-corrected chi connectivity index (χ1v) is 6.93. The van der Waals surface area contributed by atoms with Crippen molar-refractivity contribution in [2.75, 3.05) is 5.32 Å². The van der Waals surface area contributed by atoms with Gasteiger partial charge in [0.1, 0.15) is 11.6 Å². The number of nitrogens with zero attached hydrogens (tertiary/aromatic N) is 4. The number of alkyl halides is 2. The molecule has 3 rings (SSSR count). The Bertz CT molecular complexity index is 883. The minimum absolute atomic E-state index is 0.101. The van der Waals surface area contributed by atoms with E-state index in [4.69, 9.17) is 0 Å². The van der Waals surface area contributed by atoms with Gasteiger partial charge in [-0.25, -0.2) is 4.39 Å². The molecule has 2 aromatic carbocycles. The van der Waals surface area contributed by atoms with Crippen molar-refractivity contribution in [1.82, 2.24) is 20.2 Å². The van der Waals surface area contributed by atoms with E-state index in [0.717, 1.165) is 4.80 Å². The molecule has 0 spiro atoms. The number of rotatable bonds is 5. The van der Waals surface area contributed by atoms with Gasteiger partial charge in [0.05, 0.1) is 5.69 Å². The van der Waals surface area contributed by atoms with Gasteiger partial charge in [-0.1, -0.05) is 6.07 Å². The molecule has 0 saturated heterocycles. The number of aromatic nitrogens is 4. The summed E-state index contributed by atoms with van der Waals surface area (Å²) in [5.74, 6) is -1.46. The van der Waals surface area contributed by atoms with Crippen molar-refractivity contribution in [3.63, 3.8) is 0 Å². The zero-order valence-electron chi connectivity index (χ0n) is 12.4. The molecule has 0 aliphatic heterocycles. The molecule has 1 aromatic heterocycles. The Morgan fingerprint density at radius 1 is 1.16 bits per heavy atom. The van der Waals surface area contributed by atoms with Gasteiger partial charge in [-0.15, -0.1) is 15.0 Å². The highest BCUT2D eigenvalue weighted by molar-refractivity contribution is 6.01. The summed E-state index contributed by atoms with van der Waals surface area (Å²) in [6.07, 6.45) is 0. The molecule has 1 amide bonds. The Hall–Kier alpha value is -3.43. The Kier molecular flexibility index (Phi) is 4.59. The highest BCUT2D eigenvalue weighted by Gasteiger charge is 2.14. The van der Waals surface area contributed by atoms with Gasteiger partial charge in [-0.05, 0) is 41.6 Å². The number of nitrogens with one attached hydrogen (secondary N) is 1. The second-order valence-corrected chi connectivity index (χ2v) is 4.74. The van der Waals surface area contributed by atoms with Crippen LogP contribution in [0.4, 0.5) is 18.9 Å². The number of halogens is 3. The highest BCUT2D eigenvalue weighted by atomic mass is 19.3. The number of tetrazole rings is 1. The van der Waals surface area contributed by atoms with Gasteiger partial charge in [-0.3, -0.25) is 4.79 Å². The molecule has 1 N–H and O–H groups in total. The molecule has 0 aliphatic carbocycles. The van der Waals surface area contributed by atoms with Crippen LogP contribution < -0.4 is 10.1 Å². The number of carbonyl (C=O) groups excluding carboxylic acids is 1. The van der Waals surface area contributed by atoms with Gasteiger partial charge in [-0.2, -0.15) is 8.78 Å². The van der Waals surface area contributed by atoms with Gasteiger partial charge >= 0.3 is 6.61 Å². The van der Waals surface area contributed by atoms with E-state index in [-0.39, 0.29) is 17.3 Å². The Balaban J connectivity index is 1.73. The van der Waals surface area contributed by atoms with Crippen LogP contribution in [0.25, 0.3) is 5.69 Å². The fourth-order valence-corrected chi connectivity index (χ4v) is 1.93. The third-order valence-corrected chi connectivity index (χ3v) is 2.99. The van der Waals surface area contributed by atoms with Crippen LogP contribution in [0.15, 0.2) is 48.5 Å². The molecule has 0 radical (unpaired) electrons. The Morgan fingerprint density at radius 2 is 1.92 bits per heavy atom. The maximum absolute atomic E-state index is 12.9. The minimum atomic E-state index is -2.97. The van der Waals surface area contributed by atoms with Crippen molar-refractivity contribution in [2.45, 2.75) is 6.61 Å². The molecule has 7 nitrogen and oxygen atoms in total. The lowest BCUT2D eigenvalue weighted by Gasteiger charge is -2.07. The number of anilines is 1. The van der Waals surface area contributed by atoms with E-state index in [0.29, 0.717) is 5.69 Å². The fraction of sp³-hybridized carbons (Fsp3) is 0.0667. The molecule has 0 atom stereocenters. The maximum atomic E-state index is 12.9. The van der Waals surface area contributed by atoms with Crippen LogP contribution in [0.2, 0.25) is 0 Å². The molecular weight excluding hydrogens is 339 g/mol. The molecule has 128 valence electrons. The molecule has 0 aliphatic rings. The predicted molar refractivity (Wildman–Crippen MR) is 80.1 cm³/mol. The number of benzene rings is 2. The monoisotopic (exact) mass is 349 g/mol. The van der Waals surface area contributed by atoms with Gasteiger partial charge in [0, 0.05) is 11.8 Å². The summed E-state index contributed by atoms with van der Waals surface area (Å²) in [6.45, 7) is -2.97. The largest absolute Gasteiger partial charge is 0.435 e. The summed E-state index contributed by atoms with van der Waals surface area (Å²) in [6, 6.07) is 10.8. The van der Waals surface area contributed by atoms with Gasteiger partial charge in [0.25, 0.3) is 11.7 Å². The summed E-state index contributed by atoms with van der Waals surface area (Å²) in [4.78, 5) is 13.2. The zero-order valence-corrected chi connectivity index (χ0v) is 12.4. The van der Waals surface area contributed by atoms with E-state index in [2.05, 4.69) is 25.5 Å². The topological polar surface area (TPSA) is 81.9 Å². The van der Waals surface area contributed by atoms with E-state index >= 15 is 0 Å². The lowest BCUT2D eigenvalue weighted by molar-refractivity contribution is -0.0497. The molecular formula is C15H10F3N5O2. The summed E-state index contributed by atoms with van der Waals surface area (Å²) >= 11 is 0. The predicted octanol–water partition coefficient (Wildman–Crippen LogP) is 2.66. The van der Waals surface area contributed by atoms with Crippen molar-refractivity contribution in [2.24, 2.45) is 0 Å². The maximum Gasteiger partial charge on any atom is 0.387 e. The standard InChI is InChI=1S/C15H10F3N5O2/c16-9-4-6-11(7-5-9)23-21-13(20-22-23)14(24)19-10-2-1-3-12(8-10)25-15(17)18/h1-8,15H,(H,19,24). The summed E-state index contributed by atoms with van der Waals surface area (Å²) in [5.41, 5.74) is 0.640. The molecule has 1 heterocycles. The number of hydrogen-bond acceptors (Lipinski definition) is 5. The Morgan fingerprint density at radius 3 is 2.64 bits per heavy atom. The molecule has 25 heavy (non-hydrogen) atoms. The third-order valence-electron chi connectivity index (χ3n) is 2.99. The van der Waals surface area contributed by atoms with Crippen LogP contribution in [0, 0.1) is 5.82 Å². The number of amides is 1. The first kappa shape index (κ1) is 16.4. The zero-order chi connectivity index (χ0) is 17.8. The Labute approximate surface area is 139 Å². The van der Waals surface area contributed by atoms with Gasteiger partial charge in [0.15, 0.2) is 0 Å². The number of ether oxygens (including phenoxy) is 1. The van der Waals surface area contributed by atoms with Crippen molar-refractivity contribution in [3.05, 3.63) is 60.2 Å². The summed E-state index contributed by atoms with van der Waals surface area (Å²) < 4.78 is 41.6. The van der Waals surface area contributed by atoms with Crippen molar-refractivity contribution < 1.29 is 22.7 Å². The number of hydrogen-bond donors (Lipinski definition) is 1. The van der Waals surface area contributed by atoms with Gasteiger partial charge < -0.3 is 10.1 Å². The molecule has 0 bridgehead atoms. The van der Waals surface area contributed by atoms with E-state index in [1.165, 1.54) is 48.5 Å². The van der Waals surface area contributed by atoms with Crippen molar-refractivity contribution >= 4 is 11.6 Å². The van der Waals surface area contributed by atoms with Gasteiger partial charge in [0.2, 0.25) is 0 Å². The van der Waals surface area contributed by atoms with E-state index in [1.807, 2.05) is 0 Å². The fourth-order valence-electron chi connectivity index (χ4n) is 1.93. The summed E-state index contributed by atoms with van der Waals surface area (Å²) in [7, 11) is 0. The van der Waals surface area contributed by atoms with Crippen molar-refractivity contribution in [3.8, 4) is 11.4 Å². The second-order valence-electron chi connectivity index (χ2n) is 4.74. The average Bonchev–Trinajstić information content (AvgIpc) is 3.05. The quantitative estimate of drug-likeness (QED) is 0.766. The smallest absolute Gasteiger partial charge is 0.387 e. The SMILES string of the molecule is O=C(Nc1cccc(OC(F)F)c1)c1nnn(-c2ccc(F)cc2)n1. The van der Waals surface area contributed by atoms with Crippen molar-refractivity contribution in [1.29, 1.82) is 0 Å². The highest BCUT2D eigenvalue weighted by Crippen LogP contribution is 2.19. The van der Waals surface area contributed by atoms with Crippen LogP contribution in [0.1, 0.15) is 10.6 Å². The summed E-state index contributed by atoms with van der Waals surface area (Å²) in [5, 5.41) is 13.6. The first-order valence-electron chi connectivity index (χ1n) is 6.93. The normalized spacial score (nSPS) is 10.7. The van der Waals surface area contributed by atoms with E-state index < -0.39 is 18.3 Å². The van der Waals surface area contributed by atoms with E-state index in [9.17, 15) is 18.0 Å². The second kappa shape index (κ2) is 6.99. The molecule has 10 heteroatoms. The third kappa shape index (κ3) is 4.10. The molecule has 0 fully saturated rings. The lowest BCUT2D eigenvalue weighted by atomic mass is 10.3. The van der Waals surface area contributed by atoms with Crippen LogP contribution in [0.5, 0.6) is 5.75 Å². The lowest BCUT2D eigenvalue weighted by Crippen LogP contribution is -2.14. The first-order chi connectivity index (χ1) is 12.0. The molecule has 0 unspecified atom stereocenters. The van der Waals surface area contributed by atoms with Crippen LogP contribution >= 0.6 is 0 Å².